The molecule has 250 valence electrons. The summed E-state index contributed by atoms with van der Waals surface area (Å²) in [5.74, 6) is -0.308. The third-order valence-corrected chi connectivity index (χ3v) is 9.06. The van der Waals surface area contributed by atoms with Crippen molar-refractivity contribution in [3.8, 4) is 5.75 Å². The van der Waals surface area contributed by atoms with E-state index in [4.69, 9.17) is 32.9 Å². The number of para-hydroxylation sites is 1. The Morgan fingerprint density at radius 2 is 1.71 bits per heavy atom. The summed E-state index contributed by atoms with van der Waals surface area (Å²) in [5.41, 5.74) is 5.09. The SMILES string of the molecule is Cc1cc(N2CCCCC2)c2cccc(OCc3c(Cl)ccc(N(C)C(=O)CNC(=O)/C=C/c4ccc(C(=O)N(C)C)cc4)c3Cl)c2n1. The number of anilines is 2. The predicted molar refractivity (Wildman–Crippen MR) is 193 cm³/mol. The normalized spacial score (nSPS) is 13.1. The Morgan fingerprint density at radius 3 is 2.42 bits per heavy atom. The van der Waals surface area contributed by atoms with E-state index in [1.165, 1.54) is 35.1 Å². The molecule has 1 aliphatic rings. The fourth-order valence-electron chi connectivity index (χ4n) is 5.61. The van der Waals surface area contributed by atoms with Crippen LogP contribution < -0.4 is 19.9 Å². The molecule has 1 saturated heterocycles. The summed E-state index contributed by atoms with van der Waals surface area (Å²) >= 11 is 13.4. The van der Waals surface area contributed by atoms with E-state index in [0.717, 1.165) is 40.9 Å². The monoisotopic (exact) mass is 687 g/mol. The largest absolute Gasteiger partial charge is 0.487 e. The van der Waals surface area contributed by atoms with Crippen LogP contribution in [0, 0.1) is 6.92 Å². The maximum Gasteiger partial charge on any atom is 0.253 e. The van der Waals surface area contributed by atoms with E-state index in [0.29, 0.717) is 27.6 Å². The van der Waals surface area contributed by atoms with Crippen molar-refractivity contribution >= 4 is 69.3 Å². The molecule has 1 aliphatic heterocycles. The number of hydrogen-bond acceptors (Lipinski definition) is 6. The van der Waals surface area contributed by atoms with Gasteiger partial charge >= 0.3 is 0 Å². The van der Waals surface area contributed by atoms with E-state index in [2.05, 4.69) is 22.3 Å². The first kappa shape index (κ1) is 34.7. The van der Waals surface area contributed by atoms with E-state index < -0.39 is 5.91 Å². The molecule has 11 heteroatoms. The molecule has 0 atom stereocenters. The Morgan fingerprint density at radius 1 is 0.979 bits per heavy atom. The van der Waals surface area contributed by atoms with Crippen LogP contribution in [0.1, 0.15) is 46.4 Å². The number of halogens is 2. The van der Waals surface area contributed by atoms with Gasteiger partial charge in [-0.1, -0.05) is 47.5 Å². The molecule has 3 amide bonds. The standard InChI is InChI=1S/C37H39Cl2N5O4/c1-24-21-31(44-19-6-5-7-20-44)27-9-8-10-32(36(27)41-24)48-23-28-29(38)16-17-30(35(28)39)43(4)34(46)22-40-33(45)18-13-25-11-14-26(15-12-25)37(47)42(2)3/h8-18,21H,5-7,19-20,22-23H2,1-4H3,(H,40,45)/b18-13+. The van der Waals surface area contributed by atoms with Gasteiger partial charge in [0.05, 0.1) is 17.3 Å². The van der Waals surface area contributed by atoms with Gasteiger partial charge in [0.25, 0.3) is 5.91 Å². The molecule has 1 aromatic heterocycles. The van der Waals surface area contributed by atoms with Gasteiger partial charge in [-0.2, -0.15) is 0 Å². The highest BCUT2D eigenvalue weighted by Crippen LogP contribution is 2.37. The van der Waals surface area contributed by atoms with E-state index in [9.17, 15) is 14.4 Å². The summed E-state index contributed by atoms with van der Waals surface area (Å²) in [6.07, 6.45) is 6.53. The highest BCUT2D eigenvalue weighted by Gasteiger charge is 2.21. The van der Waals surface area contributed by atoms with Crippen molar-refractivity contribution in [2.45, 2.75) is 32.8 Å². The fourth-order valence-corrected chi connectivity index (χ4v) is 6.22. The molecule has 1 fully saturated rings. The molecule has 0 bridgehead atoms. The molecule has 1 N–H and O–H groups in total. The maximum absolute atomic E-state index is 13.1. The number of benzene rings is 3. The second-order valence-corrected chi connectivity index (χ2v) is 12.7. The molecular weight excluding hydrogens is 649 g/mol. The topological polar surface area (TPSA) is 95.1 Å². The predicted octanol–water partition coefficient (Wildman–Crippen LogP) is 6.91. The van der Waals surface area contributed by atoms with Crippen LogP contribution in [0.15, 0.2) is 66.7 Å². The number of rotatable bonds is 10. The second-order valence-electron chi connectivity index (χ2n) is 12.0. The third kappa shape index (κ3) is 8.09. The van der Waals surface area contributed by atoms with Gasteiger partial charge in [0, 0.05) is 73.2 Å². The molecule has 0 radical (unpaired) electrons. The number of ether oxygens (including phenoxy) is 1. The number of fused-ring (bicyclic) bond motifs is 1. The number of likely N-dealkylation sites (N-methyl/N-ethyl adjacent to an activating group) is 1. The number of nitrogens with zero attached hydrogens (tertiary/aromatic N) is 4. The summed E-state index contributed by atoms with van der Waals surface area (Å²) in [5, 5.41) is 4.32. The van der Waals surface area contributed by atoms with Crippen LogP contribution in [-0.4, -0.2) is 68.4 Å². The zero-order valence-electron chi connectivity index (χ0n) is 27.6. The zero-order valence-corrected chi connectivity index (χ0v) is 29.1. The summed E-state index contributed by atoms with van der Waals surface area (Å²) in [4.78, 5) is 47.7. The number of hydrogen-bond donors (Lipinski definition) is 1. The minimum atomic E-state index is -0.441. The molecule has 9 nitrogen and oxygen atoms in total. The lowest BCUT2D eigenvalue weighted by atomic mass is 10.1. The van der Waals surface area contributed by atoms with Crippen LogP contribution in [0.25, 0.3) is 17.0 Å². The first-order valence-corrected chi connectivity index (χ1v) is 16.6. The smallest absolute Gasteiger partial charge is 0.253 e. The molecule has 0 spiro atoms. The van der Waals surface area contributed by atoms with Crippen molar-refractivity contribution in [1.29, 1.82) is 0 Å². The van der Waals surface area contributed by atoms with Crippen LogP contribution >= 0.6 is 23.2 Å². The van der Waals surface area contributed by atoms with Crippen molar-refractivity contribution < 1.29 is 19.1 Å². The maximum atomic E-state index is 13.1. The van der Waals surface area contributed by atoms with Gasteiger partial charge in [0.15, 0.2) is 0 Å². The quantitative estimate of drug-likeness (QED) is 0.182. The Bertz CT molecular complexity index is 1850. The summed E-state index contributed by atoms with van der Waals surface area (Å²) < 4.78 is 6.29. The summed E-state index contributed by atoms with van der Waals surface area (Å²) in [6, 6.07) is 18.3. The lowest BCUT2D eigenvalue weighted by molar-refractivity contribution is -0.122. The third-order valence-electron chi connectivity index (χ3n) is 8.28. The Balaban J connectivity index is 1.24. The van der Waals surface area contributed by atoms with Gasteiger partial charge < -0.3 is 24.8 Å². The van der Waals surface area contributed by atoms with E-state index in [1.807, 2.05) is 19.1 Å². The van der Waals surface area contributed by atoms with Crippen molar-refractivity contribution in [2.24, 2.45) is 0 Å². The molecule has 0 aliphatic carbocycles. The van der Waals surface area contributed by atoms with E-state index >= 15 is 0 Å². The molecule has 3 aromatic carbocycles. The van der Waals surface area contributed by atoms with Gasteiger partial charge in [-0.25, -0.2) is 4.98 Å². The first-order valence-electron chi connectivity index (χ1n) is 15.8. The fraction of sp³-hybridized carbons (Fsp3) is 0.297. The molecule has 0 unspecified atom stereocenters. The van der Waals surface area contributed by atoms with Gasteiger partial charge in [0.2, 0.25) is 11.8 Å². The number of nitrogens with one attached hydrogen (secondary N) is 1. The van der Waals surface area contributed by atoms with Crippen LogP contribution in [0.2, 0.25) is 10.0 Å². The van der Waals surface area contributed by atoms with Crippen molar-refractivity contribution in [3.05, 3.63) is 99.2 Å². The van der Waals surface area contributed by atoms with Gasteiger partial charge in [-0.05, 0) is 74.2 Å². The van der Waals surface area contributed by atoms with Gasteiger partial charge in [-0.15, -0.1) is 0 Å². The lowest BCUT2D eigenvalue weighted by Gasteiger charge is -2.30. The van der Waals surface area contributed by atoms with Crippen LogP contribution in [-0.2, 0) is 16.2 Å². The van der Waals surface area contributed by atoms with Crippen LogP contribution in [0.5, 0.6) is 5.75 Å². The Hall–Kier alpha value is -4.60. The average molecular weight is 689 g/mol. The van der Waals surface area contributed by atoms with Crippen molar-refractivity contribution in [3.63, 3.8) is 0 Å². The zero-order chi connectivity index (χ0) is 34.4. The van der Waals surface area contributed by atoms with Gasteiger partial charge in [0.1, 0.15) is 17.9 Å². The number of carbonyl (C=O) groups is 3. The number of amides is 3. The highest BCUT2D eigenvalue weighted by atomic mass is 35.5. The average Bonchev–Trinajstić information content (AvgIpc) is 3.09. The minimum Gasteiger partial charge on any atom is -0.487 e. The molecule has 0 saturated carbocycles. The first-order chi connectivity index (χ1) is 23.0. The molecule has 2 heterocycles. The number of pyridine rings is 1. The van der Waals surface area contributed by atoms with Crippen LogP contribution in [0.3, 0.4) is 0 Å². The molecule has 48 heavy (non-hydrogen) atoms. The molecule has 5 rings (SSSR count). The highest BCUT2D eigenvalue weighted by molar-refractivity contribution is 6.38. The van der Waals surface area contributed by atoms with Crippen molar-refractivity contribution in [1.82, 2.24) is 15.2 Å². The minimum absolute atomic E-state index is 0.0626. The Labute approximate surface area is 291 Å². The van der Waals surface area contributed by atoms with E-state index in [1.54, 1.807) is 63.6 Å². The second kappa shape index (κ2) is 15.5. The number of piperidine rings is 1. The summed E-state index contributed by atoms with van der Waals surface area (Å²) in [7, 11) is 4.95. The van der Waals surface area contributed by atoms with Gasteiger partial charge in [-0.3, -0.25) is 14.4 Å². The summed E-state index contributed by atoms with van der Waals surface area (Å²) in [6.45, 7) is 3.84. The Kier molecular flexibility index (Phi) is 11.2. The van der Waals surface area contributed by atoms with Crippen LogP contribution in [0.4, 0.5) is 11.4 Å². The van der Waals surface area contributed by atoms with Crippen molar-refractivity contribution in [2.75, 3.05) is 50.6 Å². The molecular formula is C37H39Cl2N5O4. The molecule has 4 aromatic rings. The number of carbonyl (C=O) groups excluding carboxylic acids is 3. The van der Waals surface area contributed by atoms with E-state index in [-0.39, 0.29) is 30.0 Å². The number of aryl methyl sites for hydroxylation is 1. The number of aromatic nitrogens is 1. The lowest BCUT2D eigenvalue weighted by Crippen LogP contribution is -2.37.